The lowest BCUT2D eigenvalue weighted by molar-refractivity contribution is 0.0949. The van der Waals surface area contributed by atoms with E-state index in [1.165, 1.54) is 12.4 Å². The van der Waals surface area contributed by atoms with Gasteiger partial charge in [0.2, 0.25) is 0 Å². The lowest BCUT2D eigenvalue weighted by atomic mass is 9.96. The van der Waals surface area contributed by atoms with Gasteiger partial charge in [0.25, 0.3) is 5.91 Å². The third-order valence-corrected chi connectivity index (χ3v) is 5.28. The van der Waals surface area contributed by atoms with Crippen molar-refractivity contribution in [2.45, 2.75) is 44.3 Å². The Bertz CT molecular complexity index is 1020. The number of benzene rings is 1. The van der Waals surface area contributed by atoms with Gasteiger partial charge in [0.15, 0.2) is 0 Å². The monoisotopic (exact) mass is 444 g/mol. The fraction of sp³-hybridized carbons (Fsp3) is 0.364. The molecular weight excluding hydrogens is 422 g/mol. The lowest BCUT2D eigenvalue weighted by Crippen LogP contribution is -2.34. The van der Waals surface area contributed by atoms with Crippen LogP contribution in [0.1, 0.15) is 46.9 Å². The number of hydrogen-bond acceptors (Lipinski definition) is 6. The van der Waals surface area contributed by atoms with Gasteiger partial charge in [0.05, 0.1) is 23.9 Å². The number of nitrogens with zero attached hydrogens (tertiary/aromatic N) is 2. The van der Waals surface area contributed by atoms with E-state index in [2.05, 4.69) is 20.6 Å². The van der Waals surface area contributed by atoms with Crippen molar-refractivity contribution in [1.29, 1.82) is 0 Å². The molecule has 1 aliphatic heterocycles. The number of amides is 2. The molecule has 1 aromatic carbocycles. The highest BCUT2D eigenvalue weighted by molar-refractivity contribution is 5.98. The van der Waals surface area contributed by atoms with Crippen LogP contribution in [0.3, 0.4) is 0 Å². The zero-order valence-electron chi connectivity index (χ0n) is 17.1. The maximum absolute atomic E-state index is 13.6. The Morgan fingerprint density at radius 3 is 2.88 bits per heavy atom. The number of ether oxygens (including phenoxy) is 2. The maximum Gasteiger partial charge on any atom is 0.408 e. The van der Waals surface area contributed by atoms with Crippen molar-refractivity contribution < 1.29 is 27.8 Å². The molecule has 1 aromatic heterocycles. The highest BCUT2D eigenvalue weighted by Gasteiger charge is 2.29. The molecule has 0 fully saturated rings. The minimum absolute atomic E-state index is 0.00269. The van der Waals surface area contributed by atoms with Crippen LogP contribution < -0.4 is 15.4 Å². The molecule has 2 N–H and O–H groups in total. The Kier molecular flexibility index (Phi) is 6.58. The zero-order valence-corrected chi connectivity index (χ0v) is 17.1. The lowest BCUT2D eigenvalue weighted by Gasteiger charge is -2.28. The summed E-state index contributed by atoms with van der Waals surface area (Å²) in [6.45, 7) is 0.282. The van der Waals surface area contributed by atoms with Crippen molar-refractivity contribution in [2.24, 2.45) is 0 Å². The first-order valence-corrected chi connectivity index (χ1v) is 10.2. The number of alkyl halides is 2. The molecule has 0 spiro atoms. The Morgan fingerprint density at radius 2 is 2.09 bits per heavy atom. The Morgan fingerprint density at radius 1 is 1.22 bits per heavy atom. The molecule has 10 heteroatoms. The Balaban J connectivity index is 1.43. The first-order chi connectivity index (χ1) is 15.5. The average Bonchev–Trinajstić information content (AvgIpc) is 2.80. The number of halogens is 2. The molecule has 0 radical (unpaired) electrons. The van der Waals surface area contributed by atoms with Crippen LogP contribution in [-0.2, 0) is 11.3 Å². The zero-order chi connectivity index (χ0) is 22.5. The van der Waals surface area contributed by atoms with E-state index >= 15 is 0 Å². The number of alkyl carbamates (subject to hydrolysis) is 1. The van der Waals surface area contributed by atoms with Crippen molar-refractivity contribution >= 4 is 12.0 Å². The molecule has 0 saturated heterocycles. The topological polar surface area (TPSA) is 102 Å². The fourth-order valence-electron chi connectivity index (χ4n) is 3.62. The number of carbonyl (C=O) groups is 2. The largest absolute Gasteiger partial charge is 0.492 e. The number of aromatic nitrogens is 2. The number of carbonyl (C=O) groups excluding carboxylic acids is 2. The summed E-state index contributed by atoms with van der Waals surface area (Å²) in [6, 6.07) is 6.24. The Hall–Kier alpha value is -3.56. The molecule has 2 aliphatic rings. The fourth-order valence-corrected chi connectivity index (χ4v) is 3.62. The number of hydrogen-bond donors (Lipinski definition) is 2. The van der Waals surface area contributed by atoms with E-state index in [1.54, 1.807) is 30.5 Å². The molecule has 2 heterocycles. The quantitative estimate of drug-likeness (QED) is 0.734. The van der Waals surface area contributed by atoms with Gasteiger partial charge in [-0.15, -0.1) is 0 Å². The highest BCUT2D eigenvalue weighted by Crippen LogP contribution is 2.35. The SMILES string of the molecule is O=C(NC1CCOc2c(C(=O)NC3=CCC(F)C(F)C3)cccc21)OCc1ccncn1. The van der Waals surface area contributed by atoms with E-state index < -0.39 is 30.4 Å². The summed E-state index contributed by atoms with van der Waals surface area (Å²) in [5, 5.41) is 5.43. The molecule has 2 amide bonds. The second-order valence-corrected chi connectivity index (χ2v) is 7.49. The van der Waals surface area contributed by atoms with Gasteiger partial charge in [-0.1, -0.05) is 18.2 Å². The van der Waals surface area contributed by atoms with Crippen molar-refractivity contribution in [2.75, 3.05) is 6.61 Å². The molecule has 4 rings (SSSR count). The van der Waals surface area contributed by atoms with Crippen molar-refractivity contribution in [3.05, 3.63) is 65.4 Å². The number of fused-ring (bicyclic) bond motifs is 1. The smallest absolute Gasteiger partial charge is 0.408 e. The molecule has 8 nitrogen and oxygen atoms in total. The summed E-state index contributed by atoms with van der Waals surface area (Å²) in [4.78, 5) is 32.8. The molecule has 32 heavy (non-hydrogen) atoms. The van der Waals surface area contributed by atoms with Crippen LogP contribution in [0.5, 0.6) is 5.75 Å². The minimum atomic E-state index is -1.64. The third kappa shape index (κ3) is 5.01. The first kappa shape index (κ1) is 21.7. The maximum atomic E-state index is 13.6. The van der Waals surface area contributed by atoms with Gasteiger partial charge < -0.3 is 20.1 Å². The van der Waals surface area contributed by atoms with E-state index in [1.807, 2.05) is 0 Å². The molecule has 2 aromatic rings. The summed E-state index contributed by atoms with van der Waals surface area (Å²) in [5.74, 6) is -0.140. The molecule has 3 atom stereocenters. The summed E-state index contributed by atoms with van der Waals surface area (Å²) in [7, 11) is 0. The molecule has 3 unspecified atom stereocenters. The van der Waals surface area contributed by atoms with E-state index in [0.717, 1.165) is 0 Å². The predicted octanol–water partition coefficient (Wildman–Crippen LogP) is 3.31. The summed E-state index contributed by atoms with van der Waals surface area (Å²) < 4.78 is 37.9. The van der Waals surface area contributed by atoms with Crippen LogP contribution in [0.2, 0.25) is 0 Å². The normalized spacial score (nSPS) is 22.1. The number of nitrogens with one attached hydrogen (secondary N) is 2. The van der Waals surface area contributed by atoms with Crippen LogP contribution in [-0.4, -0.2) is 40.9 Å². The first-order valence-electron chi connectivity index (χ1n) is 10.2. The van der Waals surface area contributed by atoms with Gasteiger partial charge in [-0.25, -0.2) is 23.5 Å². The number of para-hydroxylation sites is 1. The van der Waals surface area contributed by atoms with Crippen molar-refractivity contribution in [1.82, 2.24) is 20.6 Å². The van der Waals surface area contributed by atoms with Crippen LogP contribution in [0.25, 0.3) is 0 Å². The summed E-state index contributed by atoms with van der Waals surface area (Å²) >= 11 is 0. The standard InChI is InChI=1S/C22H22F2N4O4/c23-17-5-4-13(10-18(17)24)27-21(29)16-3-1-2-15-19(7-9-31-20(15)16)28-22(30)32-11-14-6-8-25-12-26-14/h1-4,6,8,12,17-19H,5,7,9-11H2,(H,27,29)(H,28,30). The van der Waals surface area contributed by atoms with Gasteiger partial charge in [-0.2, -0.15) is 0 Å². The van der Waals surface area contributed by atoms with Gasteiger partial charge in [0, 0.05) is 36.7 Å². The van der Waals surface area contributed by atoms with Crippen molar-refractivity contribution in [3.8, 4) is 5.75 Å². The second kappa shape index (κ2) is 9.71. The highest BCUT2D eigenvalue weighted by atomic mass is 19.2. The van der Waals surface area contributed by atoms with Crippen LogP contribution in [0.15, 0.2) is 48.6 Å². The van der Waals surface area contributed by atoms with E-state index in [9.17, 15) is 18.4 Å². The molecule has 168 valence electrons. The van der Waals surface area contributed by atoms with Gasteiger partial charge >= 0.3 is 6.09 Å². The molecule has 0 bridgehead atoms. The van der Waals surface area contributed by atoms with Crippen LogP contribution >= 0.6 is 0 Å². The average molecular weight is 444 g/mol. The summed E-state index contributed by atoms with van der Waals surface area (Å²) in [5.41, 5.74) is 1.79. The molecule has 1 aliphatic carbocycles. The Labute approximate surface area is 183 Å². The number of allylic oxidation sites excluding steroid dienone is 2. The predicted molar refractivity (Wildman–Crippen MR) is 109 cm³/mol. The van der Waals surface area contributed by atoms with Crippen LogP contribution in [0.4, 0.5) is 13.6 Å². The van der Waals surface area contributed by atoms with Gasteiger partial charge in [-0.3, -0.25) is 4.79 Å². The molecular formula is C22H22F2N4O4. The second-order valence-electron chi connectivity index (χ2n) is 7.49. The van der Waals surface area contributed by atoms with Crippen LogP contribution in [0, 0.1) is 0 Å². The molecule has 0 saturated carbocycles. The van der Waals surface area contributed by atoms with Gasteiger partial charge in [-0.05, 0) is 12.1 Å². The van der Waals surface area contributed by atoms with Gasteiger partial charge in [0.1, 0.15) is 31.0 Å². The van der Waals surface area contributed by atoms with E-state index in [4.69, 9.17) is 9.47 Å². The summed E-state index contributed by atoms with van der Waals surface area (Å²) in [6.07, 6.45) is 0.818. The van der Waals surface area contributed by atoms with E-state index in [-0.39, 0.29) is 31.6 Å². The third-order valence-electron chi connectivity index (χ3n) is 5.28. The minimum Gasteiger partial charge on any atom is -0.492 e. The van der Waals surface area contributed by atoms with E-state index in [0.29, 0.717) is 29.1 Å². The van der Waals surface area contributed by atoms with Crippen molar-refractivity contribution in [3.63, 3.8) is 0 Å². The number of rotatable bonds is 5.